The summed E-state index contributed by atoms with van der Waals surface area (Å²) in [6, 6.07) is 2.17. The smallest absolute Gasteiger partial charge is 0.327 e. The third kappa shape index (κ3) is 3.27. The lowest BCUT2D eigenvalue weighted by atomic mass is 9.83. The Labute approximate surface area is 127 Å². The Hall–Kier alpha value is -1.54. The Morgan fingerprint density at radius 1 is 1.23 bits per heavy atom. The van der Waals surface area contributed by atoms with Gasteiger partial charge in [0, 0.05) is 6.07 Å². The van der Waals surface area contributed by atoms with Crippen molar-refractivity contribution in [3.63, 3.8) is 0 Å². The molecule has 1 aliphatic carbocycles. The summed E-state index contributed by atoms with van der Waals surface area (Å²) < 4.78 is 58.4. The van der Waals surface area contributed by atoms with Crippen LogP contribution in [-0.4, -0.2) is 27.0 Å². The Kier molecular flexibility index (Phi) is 4.81. The highest BCUT2D eigenvalue weighted by Crippen LogP contribution is 2.31. The van der Waals surface area contributed by atoms with Gasteiger partial charge in [0.1, 0.15) is 22.1 Å². The predicted octanol–water partition coefficient (Wildman–Crippen LogP) is 2.12. The van der Waals surface area contributed by atoms with E-state index in [1.54, 1.807) is 0 Å². The zero-order valence-electron chi connectivity index (χ0n) is 12.1. The number of halogens is 2. The molecule has 0 bridgehead atoms. The lowest BCUT2D eigenvalue weighted by Crippen LogP contribution is -2.56. The van der Waals surface area contributed by atoms with Crippen molar-refractivity contribution in [2.45, 2.75) is 42.5 Å². The van der Waals surface area contributed by atoms with Crippen LogP contribution in [0.4, 0.5) is 8.78 Å². The van der Waals surface area contributed by atoms with Crippen molar-refractivity contribution >= 4 is 16.0 Å². The maximum atomic E-state index is 13.7. The quantitative estimate of drug-likeness (QED) is 0.857. The van der Waals surface area contributed by atoms with Crippen LogP contribution in [0, 0.1) is 11.6 Å². The molecule has 1 saturated carbocycles. The summed E-state index contributed by atoms with van der Waals surface area (Å²) in [6.07, 6.45) is 2.75. The van der Waals surface area contributed by atoms with Crippen LogP contribution in [0.25, 0.3) is 0 Å². The molecule has 0 atom stereocenters. The average molecular weight is 333 g/mol. The molecule has 1 aromatic rings. The lowest BCUT2D eigenvalue weighted by Gasteiger charge is -2.34. The van der Waals surface area contributed by atoms with Crippen molar-refractivity contribution in [1.29, 1.82) is 0 Å². The van der Waals surface area contributed by atoms with E-state index in [1.165, 1.54) is 7.11 Å². The SMILES string of the molecule is COC(=O)C1(NS(=O)(=O)c2ccc(F)cc2F)CCCCC1. The van der Waals surface area contributed by atoms with Gasteiger partial charge in [-0.2, -0.15) is 4.72 Å². The van der Waals surface area contributed by atoms with Crippen molar-refractivity contribution in [2.24, 2.45) is 0 Å². The normalized spacial score (nSPS) is 18.0. The van der Waals surface area contributed by atoms with Crippen molar-refractivity contribution in [1.82, 2.24) is 4.72 Å². The fraction of sp³-hybridized carbons (Fsp3) is 0.500. The summed E-state index contributed by atoms with van der Waals surface area (Å²) in [5.74, 6) is -2.78. The highest BCUT2D eigenvalue weighted by Gasteiger charge is 2.44. The van der Waals surface area contributed by atoms with Gasteiger partial charge < -0.3 is 4.74 Å². The number of hydrogen-bond acceptors (Lipinski definition) is 4. The third-order valence-electron chi connectivity index (χ3n) is 3.80. The minimum atomic E-state index is -4.31. The molecule has 0 aliphatic heterocycles. The fourth-order valence-electron chi connectivity index (χ4n) is 2.70. The van der Waals surface area contributed by atoms with E-state index in [4.69, 9.17) is 4.74 Å². The molecule has 1 N–H and O–H groups in total. The zero-order valence-corrected chi connectivity index (χ0v) is 12.9. The van der Waals surface area contributed by atoms with Gasteiger partial charge >= 0.3 is 5.97 Å². The molecule has 0 saturated heterocycles. The Balaban J connectivity index is 2.38. The third-order valence-corrected chi connectivity index (χ3v) is 5.37. The molecule has 1 aliphatic rings. The van der Waals surface area contributed by atoms with Gasteiger partial charge in [0.25, 0.3) is 0 Å². The van der Waals surface area contributed by atoms with Gasteiger partial charge in [-0.05, 0) is 25.0 Å². The number of esters is 1. The Morgan fingerprint density at radius 3 is 2.41 bits per heavy atom. The molecule has 1 fully saturated rings. The summed E-state index contributed by atoms with van der Waals surface area (Å²) in [7, 11) is -3.14. The van der Waals surface area contributed by atoms with Gasteiger partial charge in [0.2, 0.25) is 10.0 Å². The minimum Gasteiger partial charge on any atom is -0.468 e. The molecule has 1 aromatic carbocycles. The largest absolute Gasteiger partial charge is 0.468 e. The summed E-state index contributed by atoms with van der Waals surface area (Å²) in [4.78, 5) is 11.3. The number of nitrogens with one attached hydrogen (secondary N) is 1. The van der Waals surface area contributed by atoms with E-state index in [-0.39, 0.29) is 12.8 Å². The number of sulfonamides is 1. The number of benzene rings is 1. The highest BCUT2D eigenvalue weighted by molar-refractivity contribution is 7.89. The average Bonchev–Trinajstić information content (AvgIpc) is 2.46. The minimum absolute atomic E-state index is 0.279. The lowest BCUT2D eigenvalue weighted by molar-refractivity contribution is -0.149. The van der Waals surface area contributed by atoms with Crippen LogP contribution in [0.15, 0.2) is 23.1 Å². The first kappa shape index (κ1) is 16.8. The molecule has 122 valence electrons. The molecular weight excluding hydrogens is 316 g/mol. The molecular formula is C14H17F2NO4S. The molecule has 2 rings (SSSR count). The van der Waals surface area contributed by atoms with E-state index in [0.717, 1.165) is 18.6 Å². The van der Waals surface area contributed by atoms with Crippen LogP contribution in [0.5, 0.6) is 0 Å². The number of carbonyl (C=O) groups is 1. The van der Waals surface area contributed by atoms with Gasteiger partial charge in [0.05, 0.1) is 7.11 Å². The maximum absolute atomic E-state index is 13.7. The number of methoxy groups -OCH3 is 1. The van der Waals surface area contributed by atoms with Crippen LogP contribution in [0.1, 0.15) is 32.1 Å². The van der Waals surface area contributed by atoms with Crippen LogP contribution >= 0.6 is 0 Å². The molecule has 22 heavy (non-hydrogen) atoms. The van der Waals surface area contributed by atoms with Crippen LogP contribution < -0.4 is 4.72 Å². The second kappa shape index (κ2) is 6.29. The van der Waals surface area contributed by atoms with Gasteiger partial charge in [-0.1, -0.05) is 19.3 Å². The Morgan fingerprint density at radius 2 is 1.86 bits per heavy atom. The van der Waals surface area contributed by atoms with Crippen LogP contribution in [0.2, 0.25) is 0 Å². The van der Waals surface area contributed by atoms with E-state index in [9.17, 15) is 22.0 Å². The van der Waals surface area contributed by atoms with Crippen molar-refractivity contribution in [3.05, 3.63) is 29.8 Å². The maximum Gasteiger partial charge on any atom is 0.327 e. The van der Waals surface area contributed by atoms with E-state index >= 15 is 0 Å². The molecule has 8 heteroatoms. The van der Waals surface area contributed by atoms with Gasteiger partial charge in [-0.15, -0.1) is 0 Å². The van der Waals surface area contributed by atoms with Gasteiger partial charge in [-0.25, -0.2) is 17.2 Å². The highest BCUT2D eigenvalue weighted by atomic mass is 32.2. The summed E-state index contributed by atoms with van der Waals surface area (Å²) >= 11 is 0. The van der Waals surface area contributed by atoms with Crippen molar-refractivity contribution in [3.8, 4) is 0 Å². The first-order valence-electron chi connectivity index (χ1n) is 6.88. The fourth-order valence-corrected chi connectivity index (χ4v) is 4.18. The monoisotopic (exact) mass is 333 g/mol. The van der Waals surface area contributed by atoms with Crippen LogP contribution in [0.3, 0.4) is 0 Å². The second-order valence-electron chi connectivity index (χ2n) is 5.31. The molecule has 0 radical (unpaired) electrons. The summed E-state index contributed by atoms with van der Waals surface area (Å²) in [5, 5.41) is 0. The number of carbonyl (C=O) groups excluding carboxylic acids is 1. The molecule has 0 aromatic heterocycles. The van der Waals surface area contributed by atoms with Gasteiger partial charge in [0.15, 0.2) is 0 Å². The van der Waals surface area contributed by atoms with E-state index in [1.807, 2.05) is 0 Å². The molecule has 0 amide bonds. The van der Waals surface area contributed by atoms with Crippen LogP contribution in [-0.2, 0) is 19.6 Å². The topological polar surface area (TPSA) is 72.5 Å². The van der Waals surface area contributed by atoms with Crippen molar-refractivity contribution < 1.29 is 26.7 Å². The molecule has 5 nitrogen and oxygen atoms in total. The number of ether oxygens (including phenoxy) is 1. The van der Waals surface area contributed by atoms with E-state index in [0.29, 0.717) is 18.9 Å². The van der Waals surface area contributed by atoms with Gasteiger partial charge in [-0.3, -0.25) is 4.79 Å². The summed E-state index contributed by atoms with van der Waals surface area (Å²) in [6.45, 7) is 0. The molecule has 0 unspecified atom stereocenters. The molecule has 0 spiro atoms. The molecule has 0 heterocycles. The first-order chi connectivity index (χ1) is 10.3. The summed E-state index contributed by atoms with van der Waals surface area (Å²) in [5.41, 5.74) is -1.40. The Bertz CT molecular complexity index is 669. The van der Waals surface area contributed by atoms with Crippen molar-refractivity contribution in [2.75, 3.05) is 7.11 Å². The first-order valence-corrected chi connectivity index (χ1v) is 8.36. The van der Waals surface area contributed by atoms with E-state index in [2.05, 4.69) is 4.72 Å². The predicted molar refractivity (Wildman–Crippen MR) is 74.5 cm³/mol. The standard InChI is InChI=1S/C14H17F2NO4S/c1-21-13(18)14(7-3-2-4-8-14)17-22(19,20)12-6-5-10(15)9-11(12)16/h5-6,9,17H,2-4,7-8H2,1H3. The number of rotatable bonds is 4. The van der Waals surface area contributed by atoms with E-state index < -0.39 is 38.1 Å². The zero-order chi connectivity index (χ0) is 16.4. The second-order valence-corrected chi connectivity index (χ2v) is 6.97. The number of hydrogen-bond donors (Lipinski definition) is 1.